The molecule has 21 heavy (non-hydrogen) atoms. The lowest BCUT2D eigenvalue weighted by atomic mass is 10.1. The van der Waals surface area contributed by atoms with Gasteiger partial charge in [0, 0.05) is 23.5 Å². The number of rotatable bonds is 4. The second kappa shape index (κ2) is 5.93. The summed E-state index contributed by atoms with van der Waals surface area (Å²) in [5.41, 5.74) is 1.39. The van der Waals surface area contributed by atoms with E-state index in [-0.39, 0.29) is 5.91 Å². The van der Waals surface area contributed by atoms with Crippen LogP contribution >= 0.6 is 11.3 Å². The maximum atomic E-state index is 12.4. The number of amides is 1. The predicted octanol–water partition coefficient (Wildman–Crippen LogP) is 3.98. The Labute approximate surface area is 126 Å². The molecular formula is C16H15N3OS. The van der Waals surface area contributed by atoms with Gasteiger partial charge in [0.15, 0.2) is 0 Å². The van der Waals surface area contributed by atoms with E-state index in [1.54, 1.807) is 17.5 Å². The highest BCUT2D eigenvalue weighted by atomic mass is 32.1. The van der Waals surface area contributed by atoms with Crippen LogP contribution in [0.15, 0.2) is 47.3 Å². The highest BCUT2D eigenvalue weighted by Crippen LogP contribution is 2.25. The monoisotopic (exact) mass is 297 g/mol. The summed E-state index contributed by atoms with van der Waals surface area (Å²) < 4.78 is 0. The number of hydrogen-bond donors (Lipinski definition) is 2. The fourth-order valence-electron chi connectivity index (χ4n) is 2.22. The summed E-state index contributed by atoms with van der Waals surface area (Å²) >= 11 is 1.55. The molecule has 0 aliphatic rings. The number of carbonyl (C=O) groups is 1. The van der Waals surface area contributed by atoms with E-state index in [2.05, 4.69) is 15.6 Å². The molecule has 0 saturated carbocycles. The second-order valence-electron chi connectivity index (χ2n) is 4.56. The topological polar surface area (TPSA) is 54.0 Å². The van der Waals surface area contributed by atoms with Crippen molar-refractivity contribution >= 4 is 39.5 Å². The molecule has 2 heterocycles. The number of hydrogen-bond acceptors (Lipinski definition) is 4. The van der Waals surface area contributed by atoms with Crippen LogP contribution < -0.4 is 10.6 Å². The normalized spacial score (nSPS) is 10.5. The number of aromatic nitrogens is 1. The smallest absolute Gasteiger partial charge is 0.257 e. The fourth-order valence-corrected chi connectivity index (χ4v) is 2.80. The Morgan fingerprint density at radius 2 is 2.05 bits per heavy atom. The molecule has 1 aromatic carbocycles. The molecule has 0 aliphatic heterocycles. The average molecular weight is 297 g/mol. The van der Waals surface area contributed by atoms with Crippen LogP contribution in [-0.4, -0.2) is 17.4 Å². The minimum Gasteiger partial charge on any atom is -0.370 e. The van der Waals surface area contributed by atoms with Crippen LogP contribution in [0.25, 0.3) is 10.8 Å². The lowest BCUT2D eigenvalue weighted by Crippen LogP contribution is -2.13. The van der Waals surface area contributed by atoms with Gasteiger partial charge < -0.3 is 10.6 Å². The van der Waals surface area contributed by atoms with E-state index >= 15 is 0 Å². The molecule has 2 aromatic heterocycles. The molecule has 4 nitrogen and oxygen atoms in total. The summed E-state index contributed by atoms with van der Waals surface area (Å²) in [6, 6.07) is 9.68. The van der Waals surface area contributed by atoms with E-state index in [9.17, 15) is 4.79 Å². The molecule has 0 radical (unpaired) electrons. The first-order valence-electron chi connectivity index (χ1n) is 6.74. The van der Waals surface area contributed by atoms with Gasteiger partial charge in [0.2, 0.25) is 0 Å². The van der Waals surface area contributed by atoms with Gasteiger partial charge in [0.05, 0.1) is 11.3 Å². The third kappa shape index (κ3) is 2.73. The summed E-state index contributed by atoms with van der Waals surface area (Å²) in [7, 11) is 0. The lowest BCUT2D eigenvalue weighted by molar-refractivity contribution is 0.102. The highest BCUT2D eigenvalue weighted by molar-refractivity contribution is 7.08. The van der Waals surface area contributed by atoms with Gasteiger partial charge in [0.1, 0.15) is 5.82 Å². The third-order valence-electron chi connectivity index (χ3n) is 3.16. The Morgan fingerprint density at radius 3 is 2.76 bits per heavy atom. The van der Waals surface area contributed by atoms with Crippen LogP contribution in [0.1, 0.15) is 17.3 Å². The van der Waals surface area contributed by atoms with Gasteiger partial charge in [-0.15, -0.1) is 0 Å². The number of pyridine rings is 1. The molecule has 106 valence electrons. The fraction of sp³-hybridized carbons (Fsp3) is 0.125. The van der Waals surface area contributed by atoms with Gasteiger partial charge in [0.25, 0.3) is 5.91 Å². The van der Waals surface area contributed by atoms with Crippen molar-refractivity contribution in [1.82, 2.24) is 4.98 Å². The van der Waals surface area contributed by atoms with Gasteiger partial charge >= 0.3 is 0 Å². The first-order valence-corrected chi connectivity index (χ1v) is 7.69. The van der Waals surface area contributed by atoms with E-state index in [0.29, 0.717) is 5.56 Å². The summed E-state index contributed by atoms with van der Waals surface area (Å²) in [5, 5.41) is 11.8. The SMILES string of the molecule is CCNc1ncc(C(=O)Nc2ccsc2)c2ccccc12. The van der Waals surface area contributed by atoms with Gasteiger partial charge in [-0.3, -0.25) is 4.79 Å². The van der Waals surface area contributed by atoms with E-state index in [4.69, 9.17) is 0 Å². The second-order valence-corrected chi connectivity index (χ2v) is 5.34. The van der Waals surface area contributed by atoms with Gasteiger partial charge in [-0.05, 0) is 23.8 Å². The van der Waals surface area contributed by atoms with Crippen LogP contribution in [0.4, 0.5) is 11.5 Å². The minimum atomic E-state index is -0.139. The van der Waals surface area contributed by atoms with Crippen molar-refractivity contribution in [2.75, 3.05) is 17.2 Å². The molecule has 2 N–H and O–H groups in total. The van der Waals surface area contributed by atoms with Gasteiger partial charge in [-0.1, -0.05) is 24.3 Å². The lowest BCUT2D eigenvalue weighted by Gasteiger charge is -2.11. The first-order chi connectivity index (χ1) is 10.3. The zero-order valence-corrected chi connectivity index (χ0v) is 12.4. The summed E-state index contributed by atoms with van der Waals surface area (Å²) in [4.78, 5) is 16.8. The molecule has 0 unspecified atom stereocenters. The number of thiophene rings is 1. The van der Waals surface area contributed by atoms with Gasteiger partial charge in [-0.25, -0.2) is 4.98 Å². The number of benzene rings is 1. The first kappa shape index (κ1) is 13.6. The quantitative estimate of drug-likeness (QED) is 0.766. The Morgan fingerprint density at radius 1 is 1.24 bits per heavy atom. The van der Waals surface area contributed by atoms with E-state index < -0.39 is 0 Å². The van der Waals surface area contributed by atoms with Crippen LogP contribution in [0.2, 0.25) is 0 Å². The molecule has 0 aliphatic carbocycles. The third-order valence-corrected chi connectivity index (χ3v) is 3.85. The number of nitrogens with zero attached hydrogens (tertiary/aromatic N) is 1. The van der Waals surface area contributed by atoms with Crippen molar-refractivity contribution in [3.8, 4) is 0 Å². The Bertz CT molecular complexity index is 768. The standard InChI is InChI=1S/C16H15N3OS/c1-2-17-15-13-6-4-3-5-12(13)14(9-18-15)16(20)19-11-7-8-21-10-11/h3-10H,2H2,1H3,(H,17,18)(H,19,20). The number of nitrogens with one attached hydrogen (secondary N) is 2. The number of carbonyl (C=O) groups excluding carboxylic acids is 1. The number of anilines is 2. The molecule has 0 fully saturated rings. The minimum absolute atomic E-state index is 0.139. The van der Waals surface area contributed by atoms with E-state index in [1.165, 1.54) is 0 Å². The Balaban J connectivity index is 2.03. The molecule has 0 atom stereocenters. The number of fused-ring (bicyclic) bond motifs is 1. The largest absolute Gasteiger partial charge is 0.370 e. The average Bonchev–Trinajstić information content (AvgIpc) is 3.00. The van der Waals surface area contributed by atoms with E-state index in [1.807, 2.05) is 48.0 Å². The highest BCUT2D eigenvalue weighted by Gasteiger charge is 2.13. The molecule has 5 heteroatoms. The Hall–Kier alpha value is -2.40. The molecule has 0 saturated heterocycles. The van der Waals surface area contributed by atoms with Crippen molar-refractivity contribution in [2.24, 2.45) is 0 Å². The van der Waals surface area contributed by atoms with Crippen LogP contribution in [0.3, 0.4) is 0 Å². The summed E-state index contributed by atoms with van der Waals surface area (Å²) in [6.45, 7) is 2.81. The summed E-state index contributed by atoms with van der Waals surface area (Å²) in [6.07, 6.45) is 1.63. The van der Waals surface area contributed by atoms with Crippen molar-refractivity contribution in [1.29, 1.82) is 0 Å². The zero-order valence-electron chi connectivity index (χ0n) is 11.6. The molecule has 0 spiro atoms. The molecule has 0 bridgehead atoms. The van der Waals surface area contributed by atoms with Crippen molar-refractivity contribution in [3.63, 3.8) is 0 Å². The van der Waals surface area contributed by atoms with Crippen molar-refractivity contribution in [3.05, 3.63) is 52.9 Å². The van der Waals surface area contributed by atoms with Crippen LogP contribution in [0.5, 0.6) is 0 Å². The maximum absolute atomic E-state index is 12.4. The van der Waals surface area contributed by atoms with E-state index in [0.717, 1.165) is 28.8 Å². The zero-order chi connectivity index (χ0) is 14.7. The molecular weight excluding hydrogens is 282 g/mol. The molecule has 3 rings (SSSR count). The summed E-state index contributed by atoms with van der Waals surface area (Å²) in [5.74, 6) is 0.667. The molecule has 3 aromatic rings. The molecule has 1 amide bonds. The predicted molar refractivity (Wildman–Crippen MR) is 88.2 cm³/mol. The Kier molecular flexibility index (Phi) is 3.83. The van der Waals surface area contributed by atoms with Crippen LogP contribution in [0, 0.1) is 0 Å². The van der Waals surface area contributed by atoms with Crippen molar-refractivity contribution < 1.29 is 4.79 Å². The maximum Gasteiger partial charge on any atom is 0.257 e. The van der Waals surface area contributed by atoms with Crippen LogP contribution in [-0.2, 0) is 0 Å². The van der Waals surface area contributed by atoms with Gasteiger partial charge in [-0.2, -0.15) is 11.3 Å². The van der Waals surface area contributed by atoms with Crippen molar-refractivity contribution in [2.45, 2.75) is 6.92 Å².